The van der Waals surface area contributed by atoms with Gasteiger partial charge < -0.3 is 10.2 Å². The average molecular weight is 649 g/mol. The van der Waals surface area contributed by atoms with E-state index in [1.165, 1.54) is 41.3 Å². The van der Waals surface area contributed by atoms with Crippen molar-refractivity contribution in [2.75, 3.05) is 10.8 Å². The molecule has 234 valence electrons. The Kier molecular flexibility index (Phi) is 10.9. The molecule has 4 aromatic rings. The Bertz CT molecular complexity index is 1720. The molecule has 4 aromatic carbocycles. The monoisotopic (exact) mass is 648 g/mol. The summed E-state index contributed by atoms with van der Waals surface area (Å²) >= 11 is 6.10. The molecule has 0 saturated heterocycles. The molecule has 12 heteroatoms. The SMILES string of the molecule is CC(C)NC(=O)C(Cc1ccccc1)N(Cc1ccc(Cl)cc1)C(=O)CN(c1ccc([N+](=O)[O-])cc1)S(=O)(=O)c1ccccc1. The number of sulfonamides is 1. The van der Waals surface area contributed by atoms with Gasteiger partial charge in [-0.3, -0.25) is 24.0 Å². The number of amides is 2. The summed E-state index contributed by atoms with van der Waals surface area (Å²) in [4.78, 5) is 40.1. The fourth-order valence-corrected chi connectivity index (χ4v) is 6.27. The Morgan fingerprint density at radius 1 is 0.844 bits per heavy atom. The van der Waals surface area contributed by atoms with Crippen LogP contribution in [0.1, 0.15) is 25.0 Å². The number of non-ortho nitro benzene ring substituents is 1. The van der Waals surface area contributed by atoms with Gasteiger partial charge in [-0.2, -0.15) is 0 Å². The van der Waals surface area contributed by atoms with Gasteiger partial charge in [-0.15, -0.1) is 0 Å². The second-order valence-corrected chi connectivity index (χ2v) is 12.9. The summed E-state index contributed by atoms with van der Waals surface area (Å²) in [5.74, 6) is -1.05. The fourth-order valence-electron chi connectivity index (χ4n) is 4.71. The Morgan fingerprint density at radius 3 is 1.98 bits per heavy atom. The molecule has 0 bridgehead atoms. The second-order valence-electron chi connectivity index (χ2n) is 10.6. The van der Waals surface area contributed by atoms with E-state index in [1.54, 1.807) is 42.5 Å². The number of benzene rings is 4. The first-order valence-corrected chi connectivity index (χ1v) is 16.0. The molecule has 1 N–H and O–H groups in total. The van der Waals surface area contributed by atoms with Gasteiger partial charge >= 0.3 is 0 Å². The largest absolute Gasteiger partial charge is 0.352 e. The predicted octanol–water partition coefficient (Wildman–Crippen LogP) is 5.61. The third-order valence-corrected chi connectivity index (χ3v) is 8.97. The lowest BCUT2D eigenvalue weighted by Gasteiger charge is -2.34. The molecule has 0 aromatic heterocycles. The molecule has 0 heterocycles. The van der Waals surface area contributed by atoms with Gasteiger partial charge in [0.05, 0.1) is 15.5 Å². The highest BCUT2D eigenvalue weighted by Crippen LogP contribution is 2.27. The van der Waals surface area contributed by atoms with Gasteiger partial charge in [0.2, 0.25) is 11.8 Å². The van der Waals surface area contributed by atoms with Gasteiger partial charge in [0.15, 0.2) is 0 Å². The van der Waals surface area contributed by atoms with Crippen LogP contribution in [0.4, 0.5) is 11.4 Å². The number of anilines is 1. The number of hydrogen-bond acceptors (Lipinski definition) is 6. The van der Waals surface area contributed by atoms with Crippen LogP contribution in [0.5, 0.6) is 0 Å². The third kappa shape index (κ3) is 8.68. The van der Waals surface area contributed by atoms with Crippen molar-refractivity contribution in [1.82, 2.24) is 10.2 Å². The topological polar surface area (TPSA) is 130 Å². The van der Waals surface area contributed by atoms with Gasteiger partial charge in [-0.05, 0) is 61.4 Å². The lowest BCUT2D eigenvalue weighted by atomic mass is 10.0. The van der Waals surface area contributed by atoms with Crippen molar-refractivity contribution in [3.05, 3.63) is 135 Å². The number of nitrogens with zero attached hydrogens (tertiary/aromatic N) is 3. The Balaban J connectivity index is 1.80. The maximum Gasteiger partial charge on any atom is 0.269 e. The molecule has 0 aliphatic carbocycles. The summed E-state index contributed by atoms with van der Waals surface area (Å²) in [6.45, 7) is 2.93. The lowest BCUT2D eigenvalue weighted by molar-refractivity contribution is -0.384. The first-order valence-electron chi connectivity index (χ1n) is 14.2. The zero-order valence-corrected chi connectivity index (χ0v) is 26.3. The summed E-state index contributed by atoms with van der Waals surface area (Å²) in [6, 6.07) is 27.3. The molecule has 0 aliphatic heterocycles. The van der Waals surface area contributed by atoms with Crippen LogP contribution in [0.2, 0.25) is 5.02 Å². The number of nitro groups is 1. The second kappa shape index (κ2) is 14.8. The number of rotatable bonds is 13. The smallest absolute Gasteiger partial charge is 0.269 e. The summed E-state index contributed by atoms with van der Waals surface area (Å²) < 4.78 is 28.9. The summed E-state index contributed by atoms with van der Waals surface area (Å²) in [6.07, 6.45) is 0.168. The van der Waals surface area contributed by atoms with Crippen LogP contribution in [0.25, 0.3) is 0 Å². The number of carbonyl (C=O) groups is 2. The van der Waals surface area contributed by atoms with E-state index in [-0.39, 0.29) is 35.3 Å². The standard InChI is InChI=1S/C33H33ClN4O6S/c1-24(2)35-33(40)31(21-25-9-5-3-6-10-25)36(22-26-13-15-27(34)16-14-26)32(39)23-37(28-17-19-29(20-18-28)38(41)42)45(43,44)30-11-7-4-8-12-30/h3-20,24,31H,21-23H2,1-2H3,(H,35,40). The van der Waals surface area contributed by atoms with Gasteiger partial charge in [-0.1, -0.05) is 72.3 Å². The van der Waals surface area contributed by atoms with Crippen LogP contribution < -0.4 is 9.62 Å². The summed E-state index contributed by atoms with van der Waals surface area (Å²) in [7, 11) is -4.32. The van der Waals surface area contributed by atoms with E-state index in [2.05, 4.69) is 5.32 Å². The number of hydrogen-bond donors (Lipinski definition) is 1. The van der Waals surface area contributed by atoms with Crippen LogP contribution in [0.15, 0.2) is 114 Å². The van der Waals surface area contributed by atoms with E-state index < -0.39 is 39.3 Å². The molecule has 0 fully saturated rings. The van der Waals surface area contributed by atoms with Gasteiger partial charge in [0.1, 0.15) is 12.6 Å². The average Bonchev–Trinajstić information content (AvgIpc) is 3.03. The molecule has 0 radical (unpaired) electrons. The van der Waals surface area contributed by atoms with E-state index in [0.29, 0.717) is 10.6 Å². The summed E-state index contributed by atoms with van der Waals surface area (Å²) in [5, 5.41) is 14.7. The molecule has 0 spiro atoms. The number of carbonyl (C=O) groups excluding carboxylic acids is 2. The molecular weight excluding hydrogens is 616 g/mol. The molecule has 0 aliphatic rings. The van der Waals surface area contributed by atoms with E-state index in [4.69, 9.17) is 11.6 Å². The first-order chi connectivity index (χ1) is 21.5. The van der Waals surface area contributed by atoms with E-state index >= 15 is 0 Å². The van der Waals surface area contributed by atoms with Gasteiger partial charge in [0.25, 0.3) is 15.7 Å². The van der Waals surface area contributed by atoms with E-state index in [1.807, 2.05) is 44.2 Å². The Hall–Kier alpha value is -4.74. The van der Waals surface area contributed by atoms with Crippen LogP contribution in [-0.4, -0.2) is 48.7 Å². The zero-order valence-electron chi connectivity index (χ0n) is 24.7. The van der Waals surface area contributed by atoms with Crippen molar-refractivity contribution in [2.24, 2.45) is 0 Å². The minimum atomic E-state index is -4.32. The summed E-state index contributed by atoms with van der Waals surface area (Å²) in [5.41, 5.74) is 1.30. The molecule has 4 rings (SSSR count). The third-order valence-electron chi connectivity index (χ3n) is 6.93. The number of nitrogens with one attached hydrogen (secondary N) is 1. The number of nitro benzene ring substituents is 1. The van der Waals surface area contributed by atoms with Crippen LogP contribution in [0, 0.1) is 10.1 Å². The molecule has 10 nitrogen and oxygen atoms in total. The molecule has 0 saturated carbocycles. The Morgan fingerprint density at radius 2 is 1.42 bits per heavy atom. The predicted molar refractivity (Wildman–Crippen MR) is 173 cm³/mol. The lowest BCUT2D eigenvalue weighted by Crippen LogP contribution is -2.54. The quantitative estimate of drug-likeness (QED) is 0.148. The van der Waals surface area contributed by atoms with Crippen LogP contribution in [0.3, 0.4) is 0 Å². The first kappa shape index (κ1) is 33.2. The van der Waals surface area contributed by atoms with Crippen molar-refractivity contribution < 1.29 is 22.9 Å². The molecule has 2 amide bonds. The van der Waals surface area contributed by atoms with Crippen molar-refractivity contribution in [3.8, 4) is 0 Å². The normalized spacial score (nSPS) is 11.9. The Labute approximate surface area is 267 Å². The maximum absolute atomic E-state index is 14.4. The number of halogens is 1. The van der Waals surface area contributed by atoms with Crippen LogP contribution in [-0.2, 0) is 32.6 Å². The zero-order chi connectivity index (χ0) is 32.6. The minimum absolute atomic E-state index is 0.0154. The molecule has 45 heavy (non-hydrogen) atoms. The fraction of sp³-hybridized carbons (Fsp3) is 0.212. The van der Waals surface area contributed by atoms with Gasteiger partial charge in [0, 0.05) is 36.2 Å². The van der Waals surface area contributed by atoms with E-state index in [0.717, 1.165) is 9.87 Å². The molecule has 1 unspecified atom stereocenters. The van der Waals surface area contributed by atoms with Crippen molar-refractivity contribution in [1.29, 1.82) is 0 Å². The van der Waals surface area contributed by atoms with E-state index in [9.17, 15) is 28.1 Å². The van der Waals surface area contributed by atoms with Gasteiger partial charge in [-0.25, -0.2) is 8.42 Å². The highest BCUT2D eigenvalue weighted by Gasteiger charge is 2.35. The molecule has 1 atom stereocenters. The molecular formula is C33H33ClN4O6S. The van der Waals surface area contributed by atoms with Crippen molar-refractivity contribution >= 4 is 44.8 Å². The minimum Gasteiger partial charge on any atom is -0.352 e. The highest BCUT2D eigenvalue weighted by molar-refractivity contribution is 7.92. The maximum atomic E-state index is 14.4. The van der Waals surface area contributed by atoms with Crippen molar-refractivity contribution in [3.63, 3.8) is 0 Å². The highest BCUT2D eigenvalue weighted by atomic mass is 35.5. The van der Waals surface area contributed by atoms with Crippen molar-refractivity contribution in [2.45, 2.75) is 43.8 Å². The van der Waals surface area contributed by atoms with Crippen LogP contribution >= 0.6 is 11.6 Å².